The summed E-state index contributed by atoms with van der Waals surface area (Å²) in [4.78, 5) is 16.6. The van der Waals surface area contributed by atoms with Crippen molar-refractivity contribution >= 4 is 5.91 Å². The fraction of sp³-hybridized carbons (Fsp3) is 0.923. The van der Waals surface area contributed by atoms with Gasteiger partial charge in [0.05, 0.1) is 0 Å². The number of piperidine rings is 1. The molecule has 98 valence electrons. The highest BCUT2D eigenvalue weighted by atomic mass is 16.5. The van der Waals surface area contributed by atoms with Gasteiger partial charge < -0.3 is 14.5 Å². The van der Waals surface area contributed by atoms with Crippen molar-refractivity contribution in [1.29, 1.82) is 0 Å². The van der Waals surface area contributed by atoms with Crippen molar-refractivity contribution in [3.63, 3.8) is 0 Å². The fourth-order valence-electron chi connectivity index (χ4n) is 2.77. The molecule has 0 spiro atoms. The van der Waals surface area contributed by atoms with Gasteiger partial charge in [0, 0.05) is 26.7 Å². The van der Waals surface area contributed by atoms with Crippen LogP contribution in [0.25, 0.3) is 0 Å². The van der Waals surface area contributed by atoms with E-state index in [2.05, 4.69) is 4.90 Å². The first kappa shape index (κ1) is 12.8. The molecule has 0 aromatic rings. The highest BCUT2D eigenvalue weighted by molar-refractivity contribution is 5.81. The Hall–Kier alpha value is -0.610. The Balaban J connectivity index is 1.84. The molecule has 1 unspecified atom stereocenters. The number of methoxy groups -OCH3 is 1. The Morgan fingerprint density at radius 1 is 1.06 bits per heavy atom. The monoisotopic (exact) mass is 240 g/mol. The van der Waals surface area contributed by atoms with Crippen LogP contribution in [-0.4, -0.2) is 61.6 Å². The zero-order chi connectivity index (χ0) is 12.1. The molecule has 4 heteroatoms. The van der Waals surface area contributed by atoms with Gasteiger partial charge in [0.15, 0.2) is 0 Å². The summed E-state index contributed by atoms with van der Waals surface area (Å²) in [6.07, 6.45) is 5.81. The van der Waals surface area contributed by atoms with Gasteiger partial charge in [-0.2, -0.15) is 0 Å². The zero-order valence-electron chi connectivity index (χ0n) is 10.9. The number of likely N-dealkylation sites (tertiary alicyclic amines) is 2. The Morgan fingerprint density at radius 3 is 2.24 bits per heavy atom. The molecule has 0 aromatic carbocycles. The first-order valence-electron chi connectivity index (χ1n) is 6.85. The van der Waals surface area contributed by atoms with Gasteiger partial charge in [0.1, 0.15) is 6.10 Å². The van der Waals surface area contributed by atoms with Crippen LogP contribution in [0, 0.1) is 0 Å². The van der Waals surface area contributed by atoms with Gasteiger partial charge in [0.25, 0.3) is 5.91 Å². The highest BCUT2D eigenvalue weighted by Crippen LogP contribution is 2.13. The molecular weight excluding hydrogens is 216 g/mol. The second kappa shape index (κ2) is 6.36. The number of carbonyl (C=O) groups excluding carboxylic acids is 1. The number of ether oxygens (including phenoxy) is 1. The van der Waals surface area contributed by atoms with Gasteiger partial charge in [0.2, 0.25) is 0 Å². The molecule has 17 heavy (non-hydrogen) atoms. The van der Waals surface area contributed by atoms with Gasteiger partial charge >= 0.3 is 0 Å². The van der Waals surface area contributed by atoms with E-state index in [1.54, 1.807) is 7.11 Å². The number of nitrogens with zero attached hydrogens (tertiary/aromatic N) is 2. The maximum absolute atomic E-state index is 12.3. The maximum atomic E-state index is 12.3. The third-order valence-corrected chi connectivity index (χ3v) is 3.85. The number of hydrogen-bond donors (Lipinski definition) is 0. The van der Waals surface area contributed by atoms with Crippen LogP contribution in [-0.2, 0) is 9.53 Å². The van der Waals surface area contributed by atoms with Crippen LogP contribution in [0.5, 0.6) is 0 Å². The lowest BCUT2D eigenvalue weighted by Crippen LogP contribution is -2.47. The largest absolute Gasteiger partial charge is 0.370 e. The molecule has 0 aromatic heterocycles. The summed E-state index contributed by atoms with van der Waals surface area (Å²) >= 11 is 0. The second-order valence-corrected chi connectivity index (χ2v) is 5.12. The Labute approximate surface area is 104 Å². The van der Waals surface area contributed by atoms with Gasteiger partial charge in [-0.15, -0.1) is 0 Å². The van der Waals surface area contributed by atoms with E-state index in [9.17, 15) is 4.79 Å². The summed E-state index contributed by atoms with van der Waals surface area (Å²) in [7, 11) is 1.66. The highest BCUT2D eigenvalue weighted by Gasteiger charge is 2.27. The minimum atomic E-state index is -0.258. The number of amides is 1. The van der Waals surface area contributed by atoms with Gasteiger partial charge in [-0.1, -0.05) is 0 Å². The van der Waals surface area contributed by atoms with Crippen molar-refractivity contribution in [2.45, 2.75) is 38.2 Å². The molecule has 0 radical (unpaired) electrons. The van der Waals surface area contributed by atoms with Crippen molar-refractivity contribution in [1.82, 2.24) is 9.80 Å². The van der Waals surface area contributed by atoms with Crippen LogP contribution < -0.4 is 0 Å². The molecule has 0 N–H and O–H groups in total. The van der Waals surface area contributed by atoms with E-state index in [0.29, 0.717) is 0 Å². The Morgan fingerprint density at radius 2 is 1.65 bits per heavy atom. The smallest absolute Gasteiger partial charge is 0.253 e. The normalized spacial score (nSPS) is 23.9. The number of rotatable bonds is 4. The van der Waals surface area contributed by atoms with Crippen LogP contribution in [0.3, 0.4) is 0 Å². The molecule has 2 fully saturated rings. The number of carbonyl (C=O) groups is 1. The minimum absolute atomic E-state index is 0.194. The van der Waals surface area contributed by atoms with E-state index >= 15 is 0 Å². The second-order valence-electron chi connectivity index (χ2n) is 5.12. The lowest BCUT2D eigenvalue weighted by Gasteiger charge is -2.31. The summed E-state index contributed by atoms with van der Waals surface area (Å²) in [5.41, 5.74) is 0. The van der Waals surface area contributed by atoms with Crippen molar-refractivity contribution in [2.24, 2.45) is 0 Å². The van der Waals surface area contributed by atoms with Crippen LogP contribution in [0.1, 0.15) is 32.1 Å². The van der Waals surface area contributed by atoms with Gasteiger partial charge in [-0.3, -0.25) is 4.79 Å². The van der Waals surface area contributed by atoms with Crippen LogP contribution in [0.15, 0.2) is 0 Å². The van der Waals surface area contributed by atoms with Crippen LogP contribution in [0.2, 0.25) is 0 Å². The lowest BCUT2D eigenvalue weighted by molar-refractivity contribution is -0.143. The van der Waals surface area contributed by atoms with Crippen molar-refractivity contribution in [3.8, 4) is 0 Å². The summed E-state index contributed by atoms with van der Waals surface area (Å²) in [6.45, 7) is 4.84. The first-order chi connectivity index (χ1) is 8.31. The van der Waals surface area contributed by atoms with Crippen molar-refractivity contribution < 1.29 is 9.53 Å². The van der Waals surface area contributed by atoms with Crippen LogP contribution >= 0.6 is 0 Å². The van der Waals surface area contributed by atoms with Crippen molar-refractivity contribution in [3.05, 3.63) is 0 Å². The SMILES string of the molecule is COC(CN1CCCC1)C(=O)N1CCCCC1. The molecule has 0 saturated carbocycles. The molecule has 0 bridgehead atoms. The van der Waals surface area contributed by atoms with E-state index in [4.69, 9.17) is 4.74 Å². The molecule has 2 heterocycles. The summed E-state index contributed by atoms with van der Waals surface area (Å²) in [6, 6.07) is 0. The molecule has 4 nitrogen and oxygen atoms in total. The summed E-state index contributed by atoms with van der Waals surface area (Å²) < 4.78 is 5.39. The van der Waals surface area contributed by atoms with E-state index in [1.807, 2.05) is 4.90 Å². The van der Waals surface area contributed by atoms with Gasteiger partial charge in [-0.25, -0.2) is 0 Å². The zero-order valence-corrected chi connectivity index (χ0v) is 10.9. The van der Waals surface area contributed by atoms with Crippen molar-refractivity contribution in [2.75, 3.05) is 39.8 Å². The Bertz CT molecular complexity index is 246. The molecular formula is C13H24N2O2. The van der Waals surface area contributed by atoms with E-state index in [0.717, 1.165) is 45.6 Å². The van der Waals surface area contributed by atoms with E-state index in [1.165, 1.54) is 19.3 Å². The molecule has 2 aliphatic rings. The quantitative estimate of drug-likeness (QED) is 0.738. The molecule has 1 amide bonds. The molecule has 2 saturated heterocycles. The summed E-state index contributed by atoms with van der Waals surface area (Å²) in [5, 5.41) is 0. The molecule has 1 atom stereocenters. The topological polar surface area (TPSA) is 32.8 Å². The predicted octanol–water partition coefficient (Wildman–Crippen LogP) is 1.11. The fourth-order valence-corrected chi connectivity index (χ4v) is 2.77. The minimum Gasteiger partial charge on any atom is -0.370 e. The molecule has 0 aliphatic carbocycles. The average Bonchev–Trinajstić information content (AvgIpc) is 2.89. The third-order valence-electron chi connectivity index (χ3n) is 3.85. The molecule has 2 rings (SSSR count). The van der Waals surface area contributed by atoms with Crippen LogP contribution in [0.4, 0.5) is 0 Å². The molecule has 2 aliphatic heterocycles. The summed E-state index contributed by atoms with van der Waals surface area (Å²) in [5.74, 6) is 0.194. The third kappa shape index (κ3) is 3.42. The lowest BCUT2D eigenvalue weighted by atomic mass is 10.1. The maximum Gasteiger partial charge on any atom is 0.253 e. The number of hydrogen-bond acceptors (Lipinski definition) is 3. The predicted molar refractivity (Wildman–Crippen MR) is 66.9 cm³/mol. The van der Waals surface area contributed by atoms with E-state index < -0.39 is 0 Å². The average molecular weight is 240 g/mol. The van der Waals surface area contributed by atoms with Gasteiger partial charge in [-0.05, 0) is 45.2 Å². The standard InChI is InChI=1S/C13H24N2O2/c1-17-12(11-14-7-5-6-8-14)13(16)15-9-3-2-4-10-15/h12H,2-11H2,1H3. The van der Waals surface area contributed by atoms with E-state index in [-0.39, 0.29) is 12.0 Å². The Kier molecular flexibility index (Phi) is 4.80. The first-order valence-corrected chi connectivity index (χ1v) is 6.85.